The highest BCUT2D eigenvalue weighted by molar-refractivity contribution is 5.63. The third-order valence-corrected chi connectivity index (χ3v) is 3.05. The summed E-state index contributed by atoms with van der Waals surface area (Å²) in [5.41, 5.74) is 3.48. The minimum absolute atomic E-state index is 0.645. The van der Waals surface area contributed by atoms with Gasteiger partial charge in [0.05, 0.1) is 0 Å². The van der Waals surface area contributed by atoms with Crippen molar-refractivity contribution in [1.82, 2.24) is 9.97 Å². The standard InChI is InChI=1S/C15H20N4/c1-5-19(13-8-6-7-11(2)9-13)14-12(3)10-17-15(16-4)18-14/h6-10H,5H2,1-4H3,(H,16,17,18). The fourth-order valence-corrected chi connectivity index (χ4v) is 2.08. The van der Waals surface area contributed by atoms with Gasteiger partial charge in [0, 0.05) is 31.0 Å². The van der Waals surface area contributed by atoms with Crippen LogP contribution in [0.4, 0.5) is 17.5 Å². The zero-order valence-corrected chi connectivity index (χ0v) is 11.9. The van der Waals surface area contributed by atoms with Gasteiger partial charge in [0.25, 0.3) is 0 Å². The second-order valence-corrected chi connectivity index (χ2v) is 4.53. The molecule has 2 aromatic rings. The van der Waals surface area contributed by atoms with E-state index in [-0.39, 0.29) is 0 Å². The summed E-state index contributed by atoms with van der Waals surface area (Å²) in [5.74, 6) is 1.60. The highest BCUT2D eigenvalue weighted by Gasteiger charge is 2.12. The van der Waals surface area contributed by atoms with Crippen LogP contribution in [-0.2, 0) is 0 Å². The van der Waals surface area contributed by atoms with Crippen LogP contribution >= 0.6 is 0 Å². The van der Waals surface area contributed by atoms with Crippen molar-refractivity contribution in [1.29, 1.82) is 0 Å². The fraction of sp³-hybridized carbons (Fsp3) is 0.333. The molecule has 1 aromatic heterocycles. The van der Waals surface area contributed by atoms with E-state index >= 15 is 0 Å². The van der Waals surface area contributed by atoms with E-state index < -0.39 is 0 Å². The third kappa shape index (κ3) is 2.84. The molecule has 1 N–H and O–H groups in total. The molecule has 19 heavy (non-hydrogen) atoms. The monoisotopic (exact) mass is 256 g/mol. The zero-order chi connectivity index (χ0) is 13.8. The van der Waals surface area contributed by atoms with Crippen molar-refractivity contribution >= 4 is 17.5 Å². The van der Waals surface area contributed by atoms with E-state index in [0.717, 1.165) is 23.6 Å². The average molecular weight is 256 g/mol. The lowest BCUT2D eigenvalue weighted by Crippen LogP contribution is -2.19. The van der Waals surface area contributed by atoms with E-state index in [1.54, 1.807) is 0 Å². The van der Waals surface area contributed by atoms with E-state index in [2.05, 4.69) is 58.3 Å². The number of rotatable bonds is 4. The normalized spacial score (nSPS) is 10.3. The van der Waals surface area contributed by atoms with Crippen molar-refractivity contribution in [3.05, 3.63) is 41.6 Å². The first kappa shape index (κ1) is 13.3. The molecule has 0 aliphatic heterocycles. The number of hydrogen-bond donors (Lipinski definition) is 1. The lowest BCUT2D eigenvalue weighted by molar-refractivity contribution is 0.962. The molecule has 0 aliphatic rings. The van der Waals surface area contributed by atoms with Crippen LogP contribution in [-0.4, -0.2) is 23.6 Å². The van der Waals surface area contributed by atoms with Crippen LogP contribution in [0.3, 0.4) is 0 Å². The molecule has 0 saturated heterocycles. The average Bonchev–Trinajstić information content (AvgIpc) is 2.42. The van der Waals surface area contributed by atoms with Gasteiger partial charge in [-0.1, -0.05) is 12.1 Å². The molecule has 0 bridgehead atoms. The molecular formula is C15H20N4. The minimum Gasteiger partial charge on any atom is -0.357 e. The maximum absolute atomic E-state index is 4.57. The summed E-state index contributed by atoms with van der Waals surface area (Å²) in [7, 11) is 1.83. The Kier molecular flexibility index (Phi) is 4.00. The Labute approximate surface area is 114 Å². The van der Waals surface area contributed by atoms with Crippen molar-refractivity contribution < 1.29 is 0 Å². The first-order valence-corrected chi connectivity index (χ1v) is 6.51. The number of nitrogens with zero attached hydrogens (tertiary/aromatic N) is 3. The van der Waals surface area contributed by atoms with Crippen molar-refractivity contribution in [3.8, 4) is 0 Å². The van der Waals surface area contributed by atoms with Gasteiger partial charge in [0.1, 0.15) is 5.82 Å². The van der Waals surface area contributed by atoms with Crippen LogP contribution in [0.25, 0.3) is 0 Å². The van der Waals surface area contributed by atoms with Crippen LogP contribution < -0.4 is 10.2 Å². The Hall–Kier alpha value is -2.10. The van der Waals surface area contributed by atoms with Crippen LogP contribution in [0.1, 0.15) is 18.1 Å². The van der Waals surface area contributed by atoms with Gasteiger partial charge in [0.15, 0.2) is 0 Å². The maximum Gasteiger partial charge on any atom is 0.224 e. The Morgan fingerprint density at radius 2 is 2.05 bits per heavy atom. The second-order valence-electron chi connectivity index (χ2n) is 4.53. The Balaban J connectivity index is 2.47. The molecule has 4 nitrogen and oxygen atoms in total. The van der Waals surface area contributed by atoms with Crippen molar-refractivity contribution in [3.63, 3.8) is 0 Å². The quantitative estimate of drug-likeness (QED) is 0.911. The molecular weight excluding hydrogens is 236 g/mol. The summed E-state index contributed by atoms with van der Waals surface area (Å²) < 4.78 is 0. The molecule has 0 atom stereocenters. The van der Waals surface area contributed by atoms with Gasteiger partial charge in [0.2, 0.25) is 5.95 Å². The fourth-order valence-electron chi connectivity index (χ4n) is 2.08. The summed E-state index contributed by atoms with van der Waals surface area (Å²) in [6.45, 7) is 7.13. The van der Waals surface area contributed by atoms with E-state index in [9.17, 15) is 0 Å². The van der Waals surface area contributed by atoms with Gasteiger partial charge in [-0.3, -0.25) is 0 Å². The summed E-state index contributed by atoms with van der Waals surface area (Å²) >= 11 is 0. The molecule has 4 heteroatoms. The summed E-state index contributed by atoms with van der Waals surface area (Å²) in [5, 5.41) is 2.99. The number of hydrogen-bond acceptors (Lipinski definition) is 4. The van der Waals surface area contributed by atoms with Crippen molar-refractivity contribution in [2.24, 2.45) is 0 Å². The summed E-state index contributed by atoms with van der Waals surface area (Å²) in [6.07, 6.45) is 1.85. The van der Waals surface area contributed by atoms with E-state index in [1.807, 2.05) is 20.2 Å². The molecule has 0 unspecified atom stereocenters. The molecule has 0 radical (unpaired) electrons. The molecule has 0 fully saturated rings. The highest BCUT2D eigenvalue weighted by Crippen LogP contribution is 2.27. The lowest BCUT2D eigenvalue weighted by Gasteiger charge is -2.24. The third-order valence-electron chi connectivity index (χ3n) is 3.05. The van der Waals surface area contributed by atoms with Gasteiger partial charge >= 0.3 is 0 Å². The maximum atomic E-state index is 4.57. The van der Waals surface area contributed by atoms with Gasteiger partial charge in [-0.05, 0) is 38.5 Å². The zero-order valence-electron chi connectivity index (χ0n) is 11.9. The van der Waals surface area contributed by atoms with Crippen LogP contribution in [0, 0.1) is 13.8 Å². The Bertz CT molecular complexity index is 566. The van der Waals surface area contributed by atoms with Crippen molar-refractivity contribution in [2.45, 2.75) is 20.8 Å². The predicted molar refractivity (Wildman–Crippen MR) is 80.2 cm³/mol. The van der Waals surface area contributed by atoms with Crippen LogP contribution in [0.2, 0.25) is 0 Å². The molecule has 0 spiro atoms. The summed E-state index contributed by atoms with van der Waals surface area (Å²) in [6, 6.07) is 8.45. The Morgan fingerprint density at radius 3 is 2.68 bits per heavy atom. The van der Waals surface area contributed by atoms with E-state index in [4.69, 9.17) is 0 Å². The number of aryl methyl sites for hydroxylation is 2. The van der Waals surface area contributed by atoms with E-state index in [0.29, 0.717) is 5.95 Å². The molecule has 100 valence electrons. The number of benzene rings is 1. The van der Waals surface area contributed by atoms with Gasteiger partial charge in [-0.15, -0.1) is 0 Å². The van der Waals surface area contributed by atoms with Crippen molar-refractivity contribution in [2.75, 3.05) is 23.8 Å². The second kappa shape index (κ2) is 5.69. The first-order chi connectivity index (χ1) is 9.15. The summed E-state index contributed by atoms with van der Waals surface area (Å²) in [4.78, 5) is 11.0. The topological polar surface area (TPSA) is 41.1 Å². The van der Waals surface area contributed by atoms with E-state index in [1.165, 1.54) is 5.56 Å². The van der Waals surface area contributed by atoms with Gasteiger partial charge in [-0.25, -0.2) is 4.98 Å². The van der Waals surface area contributed by atoms with Crippen LogP contribution in [0.5, 0.6) is 0 Å². The number of anilines is 3. The predicted octanol–water partition coefficient (Wildman–Crippen LogP) is 3.29. The van der Waals surface area contributed by atoms with Gasteiger partial charge in [-0.2, -0.15) is 4.98 Å². The van der Waals surface area contributed by atoms with Crippen LogP contribution in [0.15, 0.2) is 30.5 Å². The SMILES string of the molecule is CCN(c1cccc(C)c1)c1nc(NC)ncc1C. The minimum atomic E-state index is 0.645. The number of nitrogens with one attached hydrogen (secondary N) is 1. The molecule has 0 saturated carbocycles. The highest BCUT2D eigenvalue weighted by atomic mass is 15.2. The molecule has 1 aromatic carbocycles. The largest absolute Gasteiger partial charge is 0.357 e. The molecule has 1 heterocycles. The number of aromatic nitrogens is 2. The molecule has 0 aliphatic carbocycles. The Morgan fingerprint density at radius 1 is 1.26 bits per heavy atom. The smallest absolute Gasteiger partial charge is 0.224 e. The molecule has 0 amide bonds. The van der Waals surface area contributed by atoms with Gasteiger partial charge < -0.3 is 10.2 Å². The first-order valence-electron chi connectivity index (χ1n) is 6.51. The molecule has 2 rings (SSSR count). The lowest BCUT2D eigenvalue weighted by atomic mass is 10.2.